The maximum absolute atomic E-state index is 5.89. The van der Waals surface area contributed by atoms with Crippen LogP contribution in [-0.2, 0) is 0 Å². The quantitative estimate of drug-likeness (QED) is 0.637. The third-order valence-electron chi connectivity index (χ3n) is 2.91. The molecule has 0 radical (unpaired) electrons. The first-order chi connectivity index (χ1) is 10.6. The molecule has 5 nitrogen and oxygen atoms in total. The smallest absolute Gasteiger partial charge is 0.232 e. The van der Waals surface area contributed by atoms with Gasteiger partial charge in [-0.05, 0) is 36.4 Å². The lowest BCUT2D eigenvalue weighted by molar-refractivity contribution is 1.07. The fraction of sp³-hybridized carbons (Fsp3) is 0. The van der Waals surface area contributed by atoms with Crippen LogP contribution in [0.25, 0.3) is 11.4 Å². The summed E-state index contributed by atoms with van der Waals surface area (Å²) in [6.45, 7) is 0. The van der Waals surface area contributed by atoms with Crippen molar-refractivity contribution in [3.63, 3.8) is 0 Å². The lowest BCUT2D eigenvalue weighted by Gasteiger charge is -2.09. The van der Waals surface area contributed by atoms with Gasteiger partial charge < -0.3 is 11.1 Å². The number of anilines is 3. The van der Waals surface area contributed by atoms with Gasteiger partial charge in [0.1, 0.15) is 0 Å². The van der Waals surface area contributed by atoms with E-state index < -0.39 is 0 Å². The van der Waals surface area contributed by atoms with E-state index in [1.165, 1.54) is 0 Å². The van der Waals surface area contributed by atoms with E-state index in [0.717, 1.165) is 16.1 Å². The minimum absolute atomic E-state index is 0.138. The van der Waals surface area contributed by atoms with Gasteiger partial charge in [0.25, 0.3) is 0 Å². The molecular formula is C15H12ClN5S. The lowest BCUT2D eigenvalue weighted by atomic mass is 10.2. The first kappa shape index (κ1) is 14.6. The van der Waals surface area contributed by atoms with Crippen molar-refractivity contribution in [2.24, 2.45) is 0 Å². The molecule has 0 aliphatic rings. The molecule has 3 rings (SSSR count). The molecule has 1 heterocycles. The van der Waals surface area contributed by atoms with E-state index in [1.54, 1.807) is 12.1 Å². The normalized spacial score (nSPS) is 10.5. The highest BCUT2D eigenvalue weighted by Gasteiger charge is 2.08. The number of nitrogen functional groups attached to an aromatic ring is 1. The fourth-order valence-electron chi connectivity index (χ4n) is 1.88. The number of hydrogen-bond acceptors (Lipinski definition) is 6. The third-order valence-corrected chi connectivity index (χ3v) is 3.55. The van der Waals surface area contributed by atoms with Crippen molar-refractivity contribution < 1.29 is 0 Å². The summed E-state index contributed by atoms with van der Waals surface area (Å²) in [6, 6.07) is 14.7. The van der Waals surface area contributed by atoms with E-state index >= 15 is 0 Å². The number of benzene rings is 2. The highest BCUT2D eigenvalue weighted by molar-refractivity contribution is 7.80. The maximum atomic E-state index is 5.89. The van der Waals surface area contributed by atoms with E-state index in [0.29, 0.717) is 16.8 Å². The molecule has 0 atom stereocenters. The first-order valence-electron chi connectivity index (χ1n) is 6.44. The van der Waals surface area contributed by atoms with Crippen molar-refractivity contribution in [2.75, 3.05) is 11.1 Å². The molecule has 0 bridgehead atoms. The Hall–Kier alpha value is -2.31. The predicted octanol–water partition coefficient (Wildman–Crippen LogP) is 3.81. The highest BCUT2D eigenvalue weighted by Crippen LogP contribution is 2.24. The molecule has 0 unspecified atom stereocenters. The van der Waals surface area contributed by atoms with Crippen LogP contribution in [0.3, 0.4) is 0 Å². The zero-order valence-corrected chi connectivity index (χ0v) is 13.0. The van der Waals surface area contributed by atoms with Crippen LogP contribution in [0.2, 0.25) is 5.02 Å². The zero-order chi connectivity index (χ0) is 15.5. The average Bonchev–Trinajstić information content (AvgIpc) is 2.50. The Kier molecular flexibility index (Phi) is 4.13. The molecule has 1 aromatic heterocycles. The van der Waals surface area contributed by atoms with Crippen molar-refractivity contribution in [3.8, 4) is 11.4 Å². The number of thiol groups is 1. The summed E-state index contributed by atoms with van der Waals surface area (Å²) in [7, 11) is 0. The molecule has 2 aromatic carbocycles. The topological polar surface area (TPSA) is 76.7 Å². The Bertz CT molecular complexity index is 807. The van der Waals surface area contributed by atoms with Gasteiger partial charge in [-0.1, -0.05) is 23.7 Å². The molecule has 3 aromatic rings. The second kappa shape index (κ2) is 6.21. The minimum atomic E-state index is 0.138. The number of para-hydroxylation sites is 1. The zero-order valence-electron chi connectivity index (χ0n) is 11.4. The molecule has 0 spiro atoms. The van der Waals surface area contributed by atoms with Gasteiger partial charge in [0.2, 0.25) is 11.9 Å². The van der Waals surface area contributed by atoms with Gasteiger partial charge in [0.05, 0.1) is 5.69 Å². The number of nitrogens with zero attached hydrogens (tertiary/aromatic N) is 3. The summed E-state index contributed by atoms with van der Waals surface area (Å²) in [4.78, 5) is 13.4. The van der Waals surface area contributed by atoms with Crippen molar-refractivity contribution >= 4 is 41.8 Å². The highest BCUT2D eigenvalue weighted by atomic mass is 35.5. The molecule has 0 fully saturated rings. The van der Waals surface area contributed by atoms with Crippen LogP contribution >= 0.6 is 24.2 Å². The van der Waals surface area contributed by atoms with Gasteiger partial charge in [-0.25, -0.2) is 0 Å². The van der Waals surface area contributed by atoms with Crippen molar-refractivity contribution in [1.29, 1.82) is 0 Å². The van der Waals surface area contributed by atoms with Crippen LogP contribution in [0.15, 0.2) is 53.4 Å². The molecule has 0 amide bonds. The molecule has 110 valence electrons. The predicted molar refractivity (Wildman–Crippen MR) is 91.7 cm³/mol. The fourth-order valence-corrected chi connectivity index (χ4v) is 2.22. The largest absolute Gasteiger partial charge is 0.368 e. The molecule has 0 saturated carbocycles. The molecular weight excluding hydrogens is 318 g/mol. The second-order valence-electron chi connectivity index (χ2n) is 4.49. The van der Waals surface area contributed by atoms with Crippen LogP contribution < -0.4 is 11.1 Å². The van der Waals surface area contributed by atoms with Gasteiger partial charge in [0.15, 0.2) is 5.82 Å². The van der Waals surface area contributed by atoms with E-state index in [1.807, 2.05) is 36.4 Å². The minimum Gasteiger partial charge on any atom is -0.368 e. The van der Waals surface area contributed by atoms with Crippen LogP contribution in [0.5, 0.6) is 0 Å². The second-order valence-corrected chi connectivity index (χ2v) is 5.41. The molecule has 3 N–H and O–H groups in total. The SMILES string of the molecule is Nc1nc(Nc2ccccc2S)nc(-c2ccc(Cl)cc2)n1. The summed E-state index contributed by atoms with van der Waals surface area (Å²) >= 11 is 10.3. The Morgan fingerprint density at radius 2 is 1.68 bits per heavy atom. The van der Waals surface area contributed by atoms with Crippen molar-refractivity contribution in [1.82, 2.24) is 15.0 Å². The first-order valence-corrected chi connectivity index (χ1v) is 7.27. The van der Waals surface area contributed by atoms with Crippen LogP contribution in [0.4, 0.5) is 17.6 Å². The van der Waals surface area contributed by atoms with E-state index in [4.69, 9.17) is 17.3 Å². The van der Waals surface area contributed by atoms with Crippen LogP contribution in [0, 0.1) is 0 Å². The summed E-state index contributed by atoms with van der Waals surface area (Å²) in [5, 5.41) is 3.74. The monoisotopic (exact) mass is 329 g/mol. The number of hydrogen-bond donors (Lipinski definition) is 3. The van der Waals surface area contributed by atoms with E-state index in [-0.39, 0.29) is 5.95 Å². The van der Waals surface area contributed by atoms with E-state index in [9.17, 15) is 0 Å². The number of rotatable bonds is 3. The van der Waals surface area contributed by atoms with Crippen LogP contribution in [0.1, 0.15) is 0 Å². The van der Waals surface area contributed by atoms with Gasteiger partial charge in [-0.2, -0.15) is 15.0 Å². The number of halogens is 1. The molecule has 7 heteroatoms. The Morgan fingerprint density at radius 1 is 0.955 bits per heavy atom. The number of aromatic nitrogens is 3. The molecule has 0 aliphatic carbocycles. The molecule has 0 saturated heterocycles. The van der Waals surface area contributed by atoms with E-state index in [2.05, 4.69) is 32.9 Å². The van der Waals surface area contributed by atoms with Gasteiger partial charge in [-0.3, -0.25) is 0 Å². The summed E-state index contributed by atoms with van der Waals surface area (Å²) in [6.07, 6.45) is 0. The number of nitrogens with two attached hydrogens (primary N) is 1. The third kappa shape index (κ3) is 3.29. The van der Waals surface area contributed by atoms with Gasteiger partial charge >= 0.3 is 0 Å². The van der Waals surface area contributed by atoms with Gasteiger partial charge in [-0.15, -0.1) is 12.6 Å². The average molecular weight is 330 g/mol. The summed E-state index contributed by atoms with van der Waals surface area (Å²) in [5.41, 5.74) is 7.37. The Morgan fingerprint density at radius 3 is 2.41 bits per heavy atom. The summed E-state index contributed by atoms with van der Waals surface area (Å²) in [5.74, 6) is 0.973. The lowest BCUT2D eigenvalue weighted by Crippen LogP contribution is -2.05. The van der Waals surface area contributed by atoms with Gasteiger partial charge in [0, 0.05) is 15.5 Å². The maximum Gasteiger partial charge on any atom is 0.232 e. The summed E-state index contributed by atoms with van der Waals surface area (Å²) < 4.78 is 0. The number of nitrogens with one attached hydrogen (secondary N) is 1. The molecule has 0 aliphatic heterocycles. The Balaban J connectivity index is 1.96. The molecule has 22 heavy (non-hydrogen) atoms. The van der Waals surface area contributed by atoms with Crippen molar-refractivity contribution in [2.45, 2.75) is 4.90 Å². The Labute approximate surface area is 138 Å². The van der Waals surface area contributed by atoms with Crippen molar-refractivity contribution in [3.05, 3.63) is 53.6 Å². The standard InChI is InChI=1S/C15H12ClN5S/c16-10-7-5-9(6-8-10)13-19-14(17)21-15(20-13)18-11-3-1-2-4-12(11)22/h1-8,22H,(H3,17,18,19,20,21). The van der Waals surface area contributed by atoms with Crippen LogP contribution in [-0.4, -0.2) is 15.0 Å².